The van der Waals surface area contributed by atoms with Gasteiger partial charge in [-0.05, 0) is 78.6 Å². The maximum atomic E-state index is 11.7. The van der Waals surface area contributed by atoms with Crippen LogP contribution in [0.4, 0.5) is 0 Å². The normalized spacial score (nSPS) is 13.7. The van der Waals surface area contributed by atoms with E-state index in [1.807, 2.05) is 54.6 Å². The molecule has 6 nitrogen and oxygen atoms in total. The van der Waals surface area contributed by atoms with E-state index >= 15 is 0 Å². The van der Waals surface area contributed by atoms with Crippen LogP contribution in [0.2, 0.25) is 5.02 Å². The van der Waals surface area contributed by atoms with Gasteiger partial charge in [-0.15, -0.1) is 0 Å². The molecule has 5 rings (SSSR count). The minimum Gasteiger partial charge on any atom is -0.497 e. The van der Waals surface area contributed by atoms with Crippen molar-refractivity contribution in [3.63, 3.8) is 0 Å². The molecule has 1 saturated carbocycles. The second kappa shape index (κ2) is 13.1. The molecule has 208 valence electrons. The Labute approximate surface area is 240 Å². The van der Waals surface area contributed by atoms with Gasteiger partial charge < -0.3 is 14.2 Å². The number of halogens is 1. The molecule has 1 aliphatic rings. The van der Waals surface area contributed by atoms with E-state index < -0.39 is 0 Å². The quantitative estimate of drug-likeness (QED) is 0.184. The third-order valence-corrected chi connectivity index (χ3v) is 7.78. The van der Waals surface area contributed by atoms with Gasteiger partial charge in [0, 0.05) is 22.6 Å². The number of carbonyl (C=O) groups is 1. The Kier molecular flexibility index (Phi) is 9.07. The van der Waals surface area contributed by atoms with Crippen LogP contribution in [-0.2, 0) is 22.6 Å². The van der Waals surface area contributed by atoms with Gasteiger partial charge in [0.1, 0.15) is 18.1 Å². The number of rotatable bonds is 10. The lowest BCUT2D eigenvalue weighted by atomic mass is 9.95. The average molecular weight is 559 g/mol. The van der Waals surface area contributed by atoms with Crippen LogP contribution in [0.5, 0.6) is 11.5 Å². The summed E-state index contributed by atoms with van der Waals surface area (Å²) in [7, 11) is 3.09. The lowest BCUT2D eigenvalue weighted by molar-refractivity contribution is -0.140. The number of methoxy groups -OCH3 is 2. The Morgan fingerprint density at radius 2 is 1.60 bits per heavy atom. The molecular formula is C33H35ClN2O4. The zero-order valence-electron chi connectivity index (χ0n) is 23.1. The van der Waals surface area contributed by atoms with Crippen molar-refractivity contribution in [1.82, 2.24) is 9.78 Å². The molecule has 1 heterocycles. The predicted octanol–water partition coefficient (Wildman–Crippen LogP) is 8.07. The van der Waals surface area contributed by atoms with E-state index in [9.17, 15) is 4.79 Å². The molecule has 0 bridgehead atoms. The Hall–Kier alpha value is -3.77. The van der Waals surface area contributed by atoms with Crippen molar-refractivity contribution >= 4 is 17.6 Å². The molecule has 0 unspecified atom stereocenters. The second-order valence-electron chi connectivity index (χ2n) is 10.2. The third-order valence-electron chi connectivity index (χ3n) is 7.53. The van der Waals surface area contributed by atoms with Crippen molar-refractivity contribution in [1.29, 1.82) is 0 Å². The molecule has 3 aromatic carbocycles. The van der Waals surface area contributed by atoms with Crippen LogP contribution in [0, 0.1) is 0 Å². The van der Waals surface area contributed by atoms with Gasteiger partial charge in [0.05, 0.1) is 38.1 Å². The molecule has 0 saturated heterocycles. The molecule has 0 atom stereocenters. The summed E-state index contributed by atoms with van der Waals surface area (Å²) in [5, 5.41) is 5.64. The lowest BCUT2D eigenvalue weighted by Crippen LogP contribution is -2.15. The number of aromatic nitrogens is 2. The minimum atomic E-state index is -0.217. The number of hydrogen-bond donors (Lipinski definition) is 0. The molecule has 0 radical (unpaired) electrons. The molecule has 0 amide bonds. The Bertz CT molecular complexity index is 1420. The summed E-state index contributed by atoms with van der Waals surface area (Å²) in [5.41, 5.74) is 6.24. The molecule has 0 aliphatic heterocycles. The second-order valence-corrected chi connectivity index (χ2v) is 10.6. The number of aryl methyl sites for hydroxylation is 1. The summed E-state index contributed by atoms with van der Waals surface area (Å²) < 4.78 is 18.7. The van der Waals surface area contributed by atoms with Gasteiger partial charge in [0.25, 0.3) is 0 Å². The summed E-state index contributed by atoms with van der Waals surface area (Å²) in [6, 6.07) is 24.5. The van der Waals surface area contributed by atoms with E-state index in [0.717, 1.165) is 58.0 Å². The van der Waals surface area contributed by atoms with Gasteiger partial charge in [0.15, 0.2) is 0 Å². The van der Waals surface area contributed by atoms with E-state index in [2.05, 4.69) is 22.9 Å². The summed E-state index contributed by atoms with van der Waals surface area (Å²) in [5.74, 6) is 1.35. The Balaban J connectivity index is 1.35. The summed E-state index contributed by atoms with van der Waals surface area (Å²) in [6.07, 6.45) is 6.86. The van der Waals surface area contributed by atoms with E-state index in [1.54, 1.807) is 7.11 Å². The number of hydrogen-bond acceptors (Lipinski definition) is 5. The summed E-state index contributed by atoms with van der Waals surface area (Å²) >= 11 is 6.11. The van der Waals surface area contributed by atoms with E-state index in [-0.39, 0.29) is 5.97 Å². The van der Waals surface area contributed by atoms with Gasteiger partial charge in [0.2, 0.25) is 0 Å². The zero-order valence-corrected chi connectivity index (χ0v) is 23.8. The van der Waals surface area contributed by atoms with Crippen molar-refractivity contribution in [2.45, 2.75) is 57.6 Å². The molecule has 1 fully saturated rings. The predicted molar refractivity (Wildman–Crippen MR) is 158 cm³/mol. The van der Waals surface area contributed by atoms with Crippen LogP contribution in [0.15, 0.2) is 72.8 Å². The van der Waals surface area contributed by atoms with Gasteiger partial charge in [-0.3, -0.25) is 9.48 Å². The highest BCUT2D eigenvalue weighted by Gasteiger charge is 2.21. The van der Waals surface area contributed by atoms with Gasteiger partial charge in [-0.25, -0.2) is 0 Å². The fourth-order valence-electron chi connectivity index (χ4n) is 5.33. The van der Waals surface area contributed by atoms with E-state index in [0.29, 0.717) is 30.5 Å². The largest absolute Gasteiger partial charge is 0.497 e. The van der Waals surface area contributed by atoms with Gasteiger partial charge in [-0.1, -0.05) is 49.1 Å². The first-order chi connectivity index (χ1) is 19.5. The summed E-state index contributed by atoms with van der Waals surface area (Å²) in [4.78, 5) is 11.7. The van der Waals surface area contributed by atoms with Gasteiger partial charge >= 0.3 is 5.97 Å². The maximum absolute atomic E-state index is 11.7. The van der Waals surface area contributed by atoms with Crippen LogP contribution in [0.1, 0.15) is 55.8 Å². The zero-order chi connectivity index (χ0) is 27.9. The van der Waals surface area contributed by atoms with Gasteiger partial charge in [-0.2, -0.15) is 5.10 Å². The Morgan fingerprint density at radius 3 is 2.30 bits per heavy atom. The molecule has 4 aromatic rings. The first kappa shape index (κ1) is 27.8. The Morgan fingerprint density at radius 1 is 0.900 bits per heavy atom. The number of nitrogens with zero attached hydrogens (tertiary/aromatic N) is 2. The molecule has 1 aromatic heterocycles. The van der Waals surface area contributed by atoms with Crippen molar-refractivity contribution in [2.24, 2.45) is 0 Å². The number of carbonyl (C=O) groups excluding carboxylic acids is 1. The van der Waals surface area contributed by atoms with Crippen LogP contribution in [0.25, 0.3) is 22.4 Å². The number of benzene rings is 3. The van der Waals surface area contributed by atoms with E-state index in [1.165, 1.54) is 26.4 Å². The number of ether oxygens (including phenoxy) is 3. The minimum absolute atomic E-state index is 0.217. The van der Waals surface area contributed by atoms with Crippen molar-refractivity contribution in [2.75, 3.05) is 14.2 Å². The molecule has 1 aliphatic carbocycles. The SMILES string of the molecule is COC(=O)CCc1cc(-c2ccc(OCc3cc(OC)ccc3-c3ccc(Cl)cc3)cc2)n(C2CCCCC2)n1. The third kappa shape index (κ3) is 6.68. The lowest BCUT2D eigenvalue weighted by Gasteiger charge is -2.24. The monoisotopic (exact) mass is 558 g/mol. The molecule has 0 N–H and O–H groups in total. The molecule has 40 heavy (non-hydrogen) atoms. The highest BCUT2D eigenvalue weighted by atomic mass is 35.5. The fraction of sp³-hybridized carbons (Fsp3) is 0.333. The van der Waals surface area contributed by atoms with Crippen LogP contribution in [0.3, 0.4) is 0 Å². The standard InChI is InChI=1S/C33H35ClN2O4/c1-38-30-17-18-31(23-8-12-26(34)13-9-23)25(20-30)22-40-29-15-10-24(11-16-29)32-21-27(14-19-33(37)39-2)35-36(32)28-6-4-3-5-7-28/h8-13,15-18,20-21,28H,3-7,14,19,22H2,1-2H3. The van der Waals surface area contributed by atoms with Crippen molar-refractivity contribution in [3.8, 4) is 33.9 Å². The first-order valence-electron chi connectivity index (χ1n) is 13.9. The summed E-state index contributed by atoms with van der Waals surface area (Å²) in [6.45, 7) is 0.395. The highest BCUT2D eigenvalue weighted by molar-refractivity contribution is 6.30. The van der Waals surface area contributed by atoms with Crippen molar-refractivity contribution < 1.29 is 19.0 Å². The van der Waals surface area contributed by atoms with Crippen LogP contribution >= 0.6 is 11.6 Å². The van der Waals surface area contributed by atoms with Crippen molar-refractivity contribution in [3.05, 3.63) is 89.1 Å². The molecule has 0 spiro atoms. The molecular weight excluding hydrogens is 524 g/mol. The maximum Gasteiger partial charge on any atom is 0.305 e. The first-order valence-corrected chi connectivity index (χ1v) is 14.2. The highest BCUT2D eigenvalue weighted by Crippen LogP contribution is 2.34. The fourth-order valence-corrected chi connectivity index (χ4v) is 5.46. The van der Waals surface area contributed by atoms with Crippen LogP contribution < -0.4 is 9.47 Å². The van der Waals surface area contributed by atoms with Crippen LogP contribution in [-0.4, -0.2) is 30.0 Å². The van der Waals surface area contributed by atoms with E-state index in [4.69, 9.17) is 30.9 Å². The smallest absolute Gasteiger partial charge is 0.305 e. The average Bonchev–Trinajstić information content (AvgIpc) is 3.44. The number of esters is 1. The topological polar surface area (TPSA) is 62.6 Å². The molecule has 7 heteroatoms.